The highest BCUT2D eigenvalue weighted by atomic mass is 79.9. The molecule has 0 bridgehead atoms. The zero-order chi connectivity index (χ0) is 18.6. The fourth-order valence-electron chi connectivity index (χ4n) is 2.77. The number of hydrogen-bond donors (Lipinski definition) is 0. The van der Waals surface area contributed by atoms with Crippen LogP contribution in [-0.2, 0) is 0 Å². The average molecular weight is 515 g/mol. The molecule has 3 nitrogen and oxygen atoms in total. The number of amides is 1. The van der Waals surface area contributed by atoms with Crippen LogP contribution in [0, 0.1) is 0 Å². The zero-order valence-corrected chi connectivity index (χ0v) is 18.6. The number of aromatic nitrogens is 1. The molecule has 0 aliphatic carbocycles. The summed E-state index contributed by atoms with van der Waals surface area (Å²) in [6, 6.07) is 27.2. The second kappa shape index (κ2) is 9.28. The van der Waals surface area contributed by atoms with Crippen LogP contribution >= 0.6 is 27.3 Å². The summed E-state index contributed by atoms with van der Waals surface area (Å²) in [4.78, 5) is 17.7. The summed E-state index contributed by atoms with van der Waals surface area (Å²) in [6.45, 7) is 0. The lowest BCUT2D eigenvalue weighted by Crippen LogP contribution is -3.00. The largest absolute Gasteiger partial charge is 1.00 e. The Morgan fingerprint density at radius 2 is 1.46 bits per heavy atom. The molecule has 1 heterocycles. The first kappa shape index (κ1) is 20.5. The third kappa shape index (κ3) is 4.41. The Kier molecular flexibility index (Phi) is 6.78. The van der Waals surface area contributed by atoms with Gasteiger partial charge in [-0.25, -0.2) is 0 Å². The van der Waals surface area contributed by atoms with Gasteiger partial charge < -0.3 is 17.0 Å². The monoisotopic (exact) mass is 513 g/mol. The highest BCUT2D eigenvalue weighted by Gasteiger charge is 2.12. The van der Waals surface area contributed by atoms with Gasteiger partial charge in [-0.1, -0.05) is 64.5 Å². The molecule has 4 aromatic rings. The molecule has 0 spiro atoms. The molecule has 1 aromatic heterocycles. The first-order chi connectivity index (χ1) is 13.2. The molecule has 140 valence electrons. The van der Waals surface area contributed by atoms with E-state index in [1.165, 1.54) is 11.3 Å². The van der Waals surface area contributed by atoms with Crippen molar-refractivity contribution in [2.75, 3.05) is 0 Å². The minimum atomic E-state index is -0.246. The number of halogens is 2. The number of thiazole rings is 1. The van der Waals surface area contributed by atoms with Crippen LogP contribution in [0.25, 0.3) is 16.9 Å². The maximum Gasteiger partial charge on any atom is 0.279 e. The van der Waals surface area contributed by atoms with Crippen LogP contribution in [0.5, 0.6) is 0 Å². The molecular formula is C22H15Br2N2OS-. The van der Waals surface area contributed by atoms with Crippen LogP contribution < -0.4 is 21.8 Å². The van der Waals surface area contributed by atoms with Crippen molar-refractivity contribution in [3.05, 3.63) is 105 Å². The Labute approximate surface area is 185 Å². The van der Waals surface area contributed by atoms with Crippen LogP contribution in [0.1, 0.15) is 10.4 Å². The average Bonchev–Trinajstić information content (AvgIpc) is 3.13. The number of carbonyl (C=O) groups is 1. The van der Waals surface area contributed by atoms with Crippen molar-refractivity contribution in [2.24, 2.45) is 4.99 Å². The Bertz CT molecular complexity index is 1130. The second-order valence-electron chi connectivity index (χ2n) is 5.86. The molecule has 0 aliphatic heterocycles. The van der Waals surface area contributed by atoms with Crippen LogP contribution in [0.3, 0.4) is 0 Å². The number of benzene rings is 3. The summed E-state index contributed by atoms with van der Waals surface area (Å²) in [5.41, 5.74) is 3.61. The van der Waals surface area contributed by atoms with E-state index in [-0.39, 0.29) is 22.9 Å². The maximum absolute atomic E-state index is 12.6. The Morgan fingerprint density at radius 3 is 2.11 bits per heavy atom. The summed E-state index contributed by atoms with van der Waals surface area (Å²) >= 11 is 4.93. The van der Waals surface area contributed by atoms with E-state index in [4.69, 9.17) is 0 Å². The number of para-hydroxylation sites is 1. The summed E-state index contributed by atoms with van der Waals surface area (Å²) in [7, 11) is 0. The molecule has 1 amide bonds. The smallest absolute Gasteiger partial charge is 0.279 e. The van der Waals surface area contributed by atoms with Gasteiger partial charge in [0.1, 0.15) is 0 Å². The van der Waals surface area contributed by atoms with Crippen LogP contribution in [0.15, 0.2) is 99.8 Å². The van der Waals surface area contributed by atoms with Crippen molar-refractivity contribution < 1.29 is 21.8 Å². The number of hydrogen-bond acceptors (Lipinski definition) is 2. The molecule has 0 unspecified atom stereocenters. The van der Waals surface area contributed by atoms with Crippen molar-refractivity contribution >= 4 is 33.2 Å². The molecule has 0 saturated heterocycles. The van der Waals surface area contributed by atoms with Gasteiger partial charge in [-0.3, -0.25) is 9.36 Å². The van der Waals surface area contributed by atoms with Gasteiger partial charge in [0.25, 0.3) is 5.91 Å². The van der Waals surface area contributed by atoms with E-state index in [1.54, 1.807) is 12.1 Å². The quantitative estimate of drug-likeness (QED) is 0.414. The van der Waals surface area contributed by atoms with Gasteiger partial charge >= 0.3 is 0 Å². The van der Waals surface area contributed by atoms with E-state index >= 15 is 0 Å². The topological polar surface area (TPSA) is 34.4 Å². The summed E-state index contributed by atoms with van der Waals surface area (Å²) in [5, 5.41) is 2.04. The maximum atomic E-state index is 12.6. The molecule has 6 heteroatoms. The molecule has 4 rings (SSSR count). The van der Waals surface area contributed by atoms with Crippen molar-refractivity contribution in [3.8, 4) is 16.9 Å². The highest BCUT2D eigenvalue weighted by molar-refractivity contribution is 9.10. The number of rotatable bonds is 3. The van der Waals surface area contributed by atoms with E-state index in [1.807, 2.05) is 82.7 Å². The van der Waals surface area contributed by atoms with Gasteiger partial charge in [-0.2, -0.15) is 4.99 Å². The predicted octanol–water partition coefficient (Wildman–Crippen LogP) is 2.71. The molecule has 0 atom stereocenters. The molecular weight excluding hydrogens is 500 g/mol. The molecule has 28 heavy (non-hydrogen) atoms. The van der Waals surface area contributed by atoms with E-state index in [2.05, 4.69) is 20.9 Å². The molecule has 0 N–H and O–H groups in total. The van der Waals surface area contributed by atoms with Crippen molar-refractivity contribution in [1.29, 1.82) is 0 Å². The fourth-order valence-corrected chi connectivity index (χ4v) is 3.94. The standard InChI is InChI=1S/C22H15BrN2OS.BrH/c23-18-13-11-16(12-14-18)20-15-27-22(25(20)19-9-5-2-6-10-19)24-21(26)17-7-3-1-4-8-17;/h1-15H;1H/p-1. The summed E-state index contributed by atoms with van der Waals surface area (Å²) in [6.07, 6.45) is 0. The minimum absolute atomic E-state index is 0. The number of carbonyl (C=O) groups excluding carboxylic acids is 1. The third-order valence-electron chi connectivity index (χ3n) is 4.08. The van der Waals surface area contributed by atoms with Gasteiger partial charge in [-0.05, 0) is 42.0 Å². The van der Waals surface area contributed by atoms with Crippen molar-refractivity contribution in [3.63, 3.8) is 0 Å². The van der Waals surface area contributed by atoms with Crippen molar-refractivity contribution in [1.82, 2.24) is 4.57 Å². The fraction of sp³-hybridized carbons (Fsp3) is 0. The molecule has 0 fully saturated rings. The lowest BCUT2D eigenvalue weighted by molar-refractivity contribution is -0.0000131. The second-order valence-corrected chi connectivity index (χ2v) is 7.62. The Balaban J connectivity index is 0.00000225. The van der Waals surface area contributed by atoms with Gasteiger partial charge in [0.05, 0.1) is 5.69 Å². The normalized spacial score (nSPS) is 11.1. The van der Waals surface area contributed by atoms with Gasteiger partial charge in [0.15, 0.2) is 4.80 Å². The van der Waals surface area contributed by atoms with Crippen molar-refractivity contribution in [2.45, 2.75) is 0 Å². The van der Waals surface area contributed by atoms with E-state index in [0.717, 1.165) is 21.4 Å². The van der Waals surface area contributed by atoms with Gasteiger partial charge in [-0.15, -0.1) is 11.3 Å². The zero-order valence-electron chi connectivity index (χ0n) is 14.6. The third-order valence-corrected chi connectivity index (χ3v) is 5.43. The number of nitrogens with zero attached hydrogens (tertiary/aromatic N) is 2. The minimum Gasteiger partial charge on any atom is -1.00 e. The first-order valence-electron chi connectivity index (χ1n) is 8.38. The van der Waals surface area contributed by atoms with Gasteiger partial charge in [0, 0.05) is 21.1 Å². The van der Waals surface area contributed by atoms with Gasteiger partial charge in [0.2, 0.25) is 0 Å². The van der Waals surface area contributed by atoms with Crippen LogP contribution in [-0.4, -0.2) is 10.5 Å². The van der Waals surface area contributed by atoms with E-state index in [0.29, 0.717) is 10.4 Å². The molecule has 0 saturated carbocycles. The molecule has 0 radical (unpaired) electrons. The summed E-state index contributed by atoms with van der Waals surface area (Å²) < 4.78 is 3.05. The van der Waals surface area contributed by atoms with Crippen LogP contribution in [0.2, 0.25) is 0 Å². The van der Waals surface area contributed by atoms with Crippen LogP contribution in [0.4, 0.5) is 0 Å². The lowest BCUT2D eigenvalue weighted by Gasteiger charge is -2.09. The lowest BCUT2D eigenvalue weighted by atomic mass is 10.1. The predicted molar refractivity (Wildman–Crippen MR) is 113 cm³/mol. The molecule has 0 aliphatic rings. The molecule has 3 aromatic carbocycles. The van der Waals surface area contributed by atoms with E-state index < -0.39 is 0 Å². The Morgan fingerprint density at radius 1 is 0.857 bits per heavy atom. The SMILES string of the molecule is O=C(N=c1scc(-c2ccc(Br)cc2)n1-c1ccccc1)c1ccccc1.[Br-]. The first-order valence-corrected chi connectivity index (χ1v) is 10.1. The summed E-state index contributed by atoms with van der Waals surface area (Å²) in [5.74, 6) is -0.246. The Hall–Kier alpha value is -2.28. The highest BCUT2D eigenvalue weighted by Crippen LogP contribution is 2.25. The van der Waals surface area contributed by atoms with E-state index in [9.17, 15) is 4.79 Å².